The van der Waals surface area contributed by atoms with Crippen LogP contribution in [-0.4, -0.2) is 31.8 Å². The van der Waals surface area contributed by atoms with Gasteiger partial charge in [0, 0.05) is 12.2 Å². The number of rotatable bonds is 5. The first-order chi connectivity index (χ1) is 13.0. The van der Waals surface area contributed by atoms with Gasteiger partial charge in [0.1, 0.15) is 0 Å². The number of nitriles is 1. The summed E-state index contributed by atoms with van der Waals surface area (Å²) in [4.78, 5) is 16.4. The maximum Gasteiger partial charge on any atom is 0.253 e. The molecule has 136 valence electrons. The lowest BCUT2D eigenvalue weighted by atomic mass is 10.1. The molecule has 1 aromatic carbocycles. The second-order valence-electron chi connectivity index (χ2n) is 6.17. The number of nitrogens with one attached hydrogen (secondary N) is 1. The Morgan fingerprint density at radius 1 is 1.26 bits per heavy atom. The van der Waals surface area contributed by atoms with E-state index in [2.05, 4.69) is 21.5 Å². The molecule has 0 aliphatic heterocycles. The van der Waals surface area contributed by atoms with Crippen molar-refractivity contribution in [2.45, 2.75) is 26.3 Å². The van der Waals surface area contributed by atoms with Gasteiger partial charge < -0.3 is 10.4 Å². The van der Waals surface area contributed by atoms with E-state index in [0.29, 0.717) is 22.5 Å². The molecule has 2 heterocycles. The number of carbonyl (C=O) groups excluding carboxylic acids is 1. The van der Waals surface area contributed by atoms with E-state index in [9.17, 15) is 9.90 Å². The minimum Gasteiger partial charge on any atom is -0.493 e. The lowest BCUT2D eigenvalue weighted by molar-refractivity contribution is 0.0939. The Bertz CT molecular complexity index is 985. The average Bonchev–Trinajstić information content (AvgIpc) is 3.09. The molecule has 0 radical (unpaired) electrons. The minimum atomic E-state index is -0.189. The zero-order valence-electron chi connectivity index (χ0n) is 15.0. The van der Waals surface area contributed by atoms with Crippen LogP contribution in [0.2, 0.25) is 0 Å². The molecule has 7 nitrogen and oxygen atoms in total. The summed E-state index contributed by atoms with van der Waals surface area (Å²) in [6, 6.07) is 12.2. The number of pyridine rings is 1. The quantitative estimate of drug-likeness (QED) is 0.727. The van der Waals surface area contributed by atoms with Gasteiger partial charge >= 0.3 is 0 Å². The highest BCUT2D eigenvalue weighted by atomic mass is 16.3. The highest BCUT2D eigenvalue weighted by Gasteiger charge is 2.15. The summed E-state index contributed by atoms with van der Waals surface area (Å²) in [6.45, 7) is 3.93. The molecule has 3 aromatic rings. The predicted molar refractivity (Wildman–Crippen MR) is 100 cm³/mol. The van der Waals surface area contributed by atoms with Crippen molar-refractivity contribution in [1.82, 2.24) is 20.1 Å². The van der Waals surface area contributed by atoms with Gasteiger partial charge in [-0.15, -0.1) is 0 Å². The molecule has 1 atom stereocenters. The number of amides is 1. The Kier molecular flexibility index (Phi) is 5.18. The Balaban J connectivity index is 1.84. The minimum absolute atomic E-state index is 0.0657. The van der Waals surface area contributed by atoms with Crippen LogP contribution in [0.15, 0.2) is 48.8 Å². The second kappa shape index (κ2) is 7.70. The number of carbonyl (C=O) groups is 1. The number of hydrogen-bond donors (Lipinski definition) is 2. The number of aromatic nitrogens is 3. The predicted octanol–water partition coefficient (Wildman–Crippen LogP) is 3.04. The summed E-state index contributed by atoms with van der Waals surface area (Å²) in [5.41, 5.74) is 2.25. The van der Waals surface area contributed by atoms with Gasteiger partial charge in [-0.3, -0.25) is 4.79 Å². The van der Waals surface area contributed by atoms with Crippen molar-refractivity contribution in [2.75, 3.05) is 0 Å². The highest BCUT2D eigenvalue weighted by Crippen LogP contribution is 2.30. The van der Waals surface area contributed by atoms with Gasteiger partial charge in [-0.2, -0.15) is 15.0 Å². The molecule has 0 saturated carbocycles. The van der Waals surface area contributed by atoms with Gasteiger partial charge in [0.15, 0.2) is 5.82 Å². The molecule has 0 aliphatic rings. The van der Waals surface area contributed by atoms with Crippen molar-refractivity contribution in [3.63, 3.8) is 0 Å². The Labute approximate surface area is 156 Å². The van der Waals surface area contributed by atoms with E-state index in [0.717, 1.165) is 12.0 Å². The van der Waals surface area contributed by atoms with Gasteiger partial charge in [-0.05, 0) is 43.2 Å². The van der Waals surface area contributed by atoms with E-state index < -0.39 is 0 Å². The zero-order chi connectivity index (χ0) is 19.4. The molecule has 0 spiro atoms. The van der Waals surface area contributed by atoms with E-state index >= 15 is 0 Å². The molecule has 27 heavy (non-hydrogen) atoms. The van der Waals surface area contributed by atoms with Crippen LogP contribution in [0, 0.1) is 11.3 Å². The molecular formula is C20H19N5O2. The number of nitrogens with zero attached hydrogens (tertiary/aromatic N) is 4. The van der Waals surface area contributed by atoms with Crippen molar-refractivity contribution in [3.8, 4) is 28.9 Å². The van der Waals surface area contributed by atoms with Crippen LogP contribution >= 0.6 is 0 Å². The smallest absolute Gasteiger partial charge is 0.253 e. The van der Waals surface area contributed by atoms with Crippen LogP contribution < -0.4 is 5.32 Å². The number of aromatic hydroxyl groups is 1. The zero-order valence-corrected chi connectivity index (χ0v) is 15.0. The molecule has 0 bridgehead atoms. The van der Waals surface area contributed by atoms with Gasteiger partial charge in [0.2, 0.25) is 5.88 Å². The molecule has 0 unspecified atom stereocenters. The van der Waals surface area contributed by atoms with Crippen molar-refractivity contribution < 1.29 is 9.90 Å². The van der Waals surface area contributed by atoms with Crippen LogP contribution in [0.4, 0.5) is 0 Å². The summed E-state index contributed by atoms with van der Waals surface area (Å²) in [5.74, 6) is 0.142. The normalized spacial score (nSPS) is 11.6. The summed E-state index contributed by atoms with van der Waals surface area (Å²) in [6.07, 6.45) is 3.83. The van der Waals surface area contributed by atoms with Gasteiger partial charge in [-0.25, -0.2) is 4.98 Å². The SMILES string of the molecule is CC[C@@H](C)NC(=O)c1ccc(-n2ncc(-c3ccc(C#N)cc3)c2O)nc1. The molecule has 3 rings (SSSR count). The van der Waals surface area contributed by atoms with Crippen LogP contribution in [0.5, 0.6) is 5.88 Å². The summed E-state index contributed by atoms with van der Waals surface area (Å²) in [5, 5.41) is 26.4. The van der Waals surface area contributed by atoms with E-state index in [1.54, 1.807) is 36.4 Å². The topological polar surface area (TPSA) is 104 Å². The van der Waals surface area contributed by atoms with E-state index in [-0.39, 0.29) is 17.8 Å². The first kappa shape index (κ1) is 18.1. The van der Waals surface area contributed by atoms with Crippen LogP contribution in [0.25, 0.3) is 16.9 Å². The first-order valence-electron chi connectivity index (χ1n) is 8.58. The largest absolute Gasteiger partial charge is 0.493 e. The fourth-order valence-corrected chi connectivity index (χ4v) is 2.49. The lowest BCUT2D eigenvalue weighted by Crippen LogP contribution is -2.31. The van der Waals surface area contributed by atoms with E-state index in [1.807, 2.05) is 13.8 Å². The fraction of sp³-hybridized carbons (Fsp3) is 0.200. The van der Waals surface area contributed by atoms with E-state index in [1.165, 1.54) is 17.1 Å². The highest BCUT2D eigenvalue weighted by molar-refractivity contribution is 5.94. The molecule has 0 fully saturated rings. The number of benzene rings is 1. The fourth-order valence-electron chi connectivity index (χ4n) is 2.49. The molecule has 2 N–H and O–H groups in total. The van der Waals surface area contributed by atoms with Crippen LogP contribution in [0.3, 0.4) is 0 Å². The summed E-state index contributed by atoms with van der Waals surface area (Å²) in [7, 11) is 0. The third-order valence-electron chi connectivity index (χ3n) is 4.29. The maximum atomic E-state index is 12.1. The lowest BCUT2D eigenvalue weighted by Gasteiger charge is -2.11. The van der Waals surface area contributed by atoms with Crippen LogP contribution in [0.1, 0.15) is 36.2 Å². The Morgan fingerprint density at radius 2 is 2.00 bits per heavy atom. The second-order valence-corrected chi connectivity index (χ2v) is 6.17. The third-order valence-corrected chi connectivity index (χ3v) is 4.29. The molecule has 1 amide bonds. The van der Waals surface area contributed by atoms with Crippen molar-refractivity contribution in [3.05, 3.63) is 59.9 Å². The monoisotopic (exact) mass is 361 g/mol. The Morgan fingerprint density at radius 3 is 2.59 bits per heavy atom. The molecule has 7 heteroatoms. The summed E-state index contributed by atoms with van der Waals surface area (Å²) < 4.78 is 1.30. The summed E-state index contributed by atoms with van der Waals surface area (Å²) >= 11 is 0. The maximum absolute atomic E-state index is 12.1. The molecule has 0 aliphatic carbocycles. The third kappa shape index (κ3) is 3.80. The number of hydrogen-bond acceptors (Lipinski definition) is 5. The van der Waals surface area contributed by atoms with Gasteiger partial charge in [-0.1, -0.05) is 19.1 Å². The molecular weight excluding hydrogens is 342 g/mol. The molecule has 0 saturated heterocycles. The van der Waals surface area contributed by atoms with Gasteiger partial charge in [0.25, 0.3) is 5.91 Å². The van der Waals surface area contributed by atoms with Crippen LogP contribution in [-0.2, 0) is 0 Å². The van der Waals surface area contributed by atoms with Gasteiger partial charge in [0.05, 0.1) is 29.0 Å². The van der Waals surface area contributed by atoms with E-state index in [4.69, 9.17) is 5.26 Å². The average molecular weight is 361 g/mol. The van der Waals surface area contributed by atoms with Crippen molar-refractivity contribution in [2.24, 2.45) is 0 Å². The molecule has 2 aromatic heterocycles. The van der Waals surface area contributed by atoms with Crippen molar-refractivity contribution >= 4 is 5.91 Å². The Hall–Kier alpha value is -3.66. The standard InChI is InChI=1S/C20H19N5O2/c1-3-13(2)24-19(26)16-8-9-18(22-11-16)25-20(27)17(12-23-25)15-6-4-14(10-21)5-7-15/h4-9,11-13,27H,3H2,1-2H3,(H,24,26)/t13-/m1/s1. The first-order valence-corrected chi connectivity index (χ1v) is 8.58. The van der Waals surface area contributed by atoms with Crippen molar-refractivity contribution in [1.29, 1.82) is 5.26 Å².